The maximum absolute atomic E-state index is 12.1. The number of thioether (sulfide) groups is 1. The number of ether oxygens (including phenoxy) is 1. The number of rotatable bonds is 4. The Morgan fingerprint density at radius 2 is 1.92 bits per heavy atom. The third-order valence-corrected chi connectivity index (χ3v) is 4.28. The highest BCUT2D eigenvalue weighted by atomic mass is 32.2. The first kappa shape index (κ1) is 16.8. The predicted octanol–water partition coefficient (Wildman–Crippen LogP) is 3.85. The van der Waals surface area contributed by atoms with Gasteiger partial charge in [-0.25, -0.2) is 4.99 Å². The van der Waals surface area contributed by atoms with Crippen molar-refractivity contribution in [2.75, 3.05) is 6.61 Å². The number of benzene rings is 2. The summed E-state index contributed by atoms with van der Waals surface area (Å²) in [5.41, 5.74) is 2.19. The molecule has 1 amide bonds. The van der Waals surface area contributed by atoms with Crippen LogP contribution in [0.5, 0.6) is 5.75 Å². The van der Waals surface area contributed by atoms with Crippen molar-refractivity contribution >= 4 is 34.6 Å². The van der Waals surface area contributed by atoms with E-state index in [1.54, 1.807) is 30.3 Å². The Morgan fingerprint density at radius 1 is 1.20 bits per heavy atom. The zero-order chi connectivity index (χ0) is 17.6. The van der Waals surface area contributed by atoms with Crippen LogP contribution in [-0.4, -0.2) is 17.7 Å². The molecule has 0 radical (unpaired) electrons. The molecule has 0 bridgehead atoms. The van der Waals surface area contributed by atoms with Gasteiger partial charge in [0.25, 0.3) is 5.91 Å². The van der Waals surface area contributed by atoms with Crippen molar-refractivity contribution in [3.8, 4) is 11.8 Å². The standard InChI is InChI=1S/C19H15N3O2S/c1-2-24-16-9-7-15(8-10-16)21-19-22-18(23)17(25-19)11-13-3-5-14(12-20)6-4-13/h3-11H,2H2,1H3,(H,21,22,23)/b17-11-. The van der Waals surface area contributed by atoms with E-state index in [1.165, 1.54) is 11.8 Å². The van der Waals surface area contributed by atoms with Crippen LogP contribution < -0.4 is 10.1 Å². The fourth-order valence-corrected chi connectivity index (χ4v) is 3.03. The maximum atomic E-state index is 12.1. The first-order valence-corrected chi connectivity index (χ1v) is 8.52. The molecule has 0 saturated carbocycles. The molecule has 0 aromatic heterocycles. The molecule has 0 aliphatic carbocycles. The summed E-state index contributed by atoms with van der Waals surface area (Å²) in [5.74, 6) is 0.606. The molecule has 124 valence electrons. The van der Waals surface area contributed by atoms with Crippen molar-refractivity contribution in [2.24, 2.45) is 4.99 Å². The van der Waals surface area contributed by atoms with Crippen molar-refractivity contribution in [1.82, 2.24) is 5.32 Å². The van der Waals surface area contributed by atoms with Crippen LogP contribution in [0.4, 0.5) is 5.69 Å². The van der Waals surface area contributed by atoms with Gasteiger partial charge in [0.05, 0.1) is 28.8 Å². The van der Waals surface area contributed by atoms with Gasteiger partial charge in [-0.3, -0.25) is 4.79 Å². The second-order valence-electron chi connectivity index (χ2n) is 5.14. The molecule has 1 N–H and O–H groups in total. The zero-order valence-corrected chi connectivity index (χ0v) is 14.3. The number of aliphatic imine (C=N–C) groups is 1. The molecule has 1 heterocycles. The highest BCUT2D eigenvalue weighted by molar-refractivity contribution is 8.18. The molecule has 2 aromatic rings. The summed E-state index contributed by atoms with van der Waals surface area (Å²) in [6.45, 7) is 2.55. The van der Waals surface area contributed by atoms with E-state index in [2.05, 4.69) is 16.4 Å². The molecule has 1 aliphatic rings. The summed E-state index contributed by atoms with van der Waals surface area (Å²) in [6.07, 6.45) is 1.78. The molecule has 0 atom stereocenters. The Labute approximate surface area is 150 Å². The molecule has 2 aromatic carbocycles. The van der Waals surface area contributed by atoms with Gasteiger partial charge in [-0.15, -0.1) is 0 Å². The number of hydrogen-bond acceptors (Lipinski definition) is 5. The first-order valence-electron chi connectivity index (χ1n) is 7.70. The van der Waals surface area contributed by atoms with Crippen LogP contribution in [0.3, 0.4) is 0 Å². The first-order chi connectivity index (χ1) is 12.2. The minimum Gasteiger partial charge on any atom is -0.494 e. The molecule has 0 unspecified atom stereocenters. The van der Waals surface area contributed by atoms with Gasteiger partial charge in [-0.1, -0.05) is 12.1 Å². The molecular formula is C19H15N3O2S. The quantitative estimate of drug-likeness (QED) is 0.851. The molecule has 6 heteroatoms. The van der Waals surface area contributed by atoms with E-state index in [0.717, 1.165) is 17.0 Å². The number of carbonyl (C=O) groups is 1. The summed E-state index contributed by atoms with van der Waals surface area (Å²) >= 11 is 1.29. The van der Waals surface area contributed by atoms with E-state index in [1.807, 2.05) is 31.2 Å². The average Bonchev–Trinajstić information content (AvgIpc) is 2.97. The number of nitrogens with zero attached hydrogens (tertiary/aromatic N) is 2. The largest absolute Gasteiger partial charge is 0.494 e. The van der Waals surface area contributed by atoms with Gasteiger partial charge in [-0.05, 0) is 66.7 Å². The lowest BCUT2D eigenvalue weighted by molar-refractivity contribution is -0.115. The molecule has 1 aliphatic heterocycles. The number of amidine groups is 1. The lowest BCUT2D eigenvalue weighted by Crippen LogP contribution is -2.19. The van der Waals surface area contributed by atoms with Crippen molar-refractivity contribution < 1.29 is 9.53 Å². The topological polar surface area (TPSA) is 74.5 Å². The molecule has 3 rings (SSSR count). The lowest BCUT2D eigenvalue weighted by Gasteiger charge is -2.02. The monoisotopic (exact) mass is 349 g/mol. The average molecular weight is 349 g/mol. The van der Waals surface area contributed by atoms with Crippen LogP contribution >= 0.6 is 11.8 Å². The van der Waals surface area contributed by atoms with Gasteiger partial charge in [0.1, 0.15) is 5.75 Å². The lowest BCUT2D eigenvalue weighted by atomic mass is 10.1. The van der Waals surface area contributed by atoms with E-state index in [0.29, 0.717) is 22.2 Å². The van der Waals surface area contributed by atoms with E-state index >= 15 is 0 Å². The van der Waals surface area contributed by atoms with Crippen LogP contribution in [0.15, 0.2) is 58.4 Å². The highest BCUT2D eigenvalue weighted by Crippen LogP contribution is 2.28. The number of hydrogen-bond donors (Lipinski definition) is 1. The van der Waals surface area contributed by atoms with Crippen LogP contribution in [0.25, 0.3) is 6.08 Å². The van der Waals surface area contributed by atoms with E-state index in [4.69, 9.17) is 10.00 Å². The second-order valence-corrected chi connectivity index (χ2v) is 6.17. The Hall–Kier alpha value is -3.04. The summed E-state index contributed by atoms with van der Waals surface area (Å²) in [7, 11) is 0. The predicted molar refractivity (Wildman–Crippen MR) is 99.6 cm³/mol. The third kappa shape index (κ3) is 4.28. The van der Waals surface area contributed by atoms with Gasteiger partial charge in [-0.2, -0.15) is 5.26 Å². The number of nitrogens with one attached hydrogen (secondary N) is 1. The van der Waals surface area contributed by atoms with E-state index < -0.39 is 0 Å². The third-order valence-electron chi connectivity index (χ3n) is 3.37. The Bertz CT molecular complexity index is 878. The fraction of sp³-hybridized carbons (Fsp3) is 0.105. The van der Waals surface area contributed by atoms with Gasteiger partial charge >= 0.3 is 0 Å². The summed E-state index contributed by atoms with van der Waals surface area (Å²) < 4.78 is 5.40. The summed E-state index contributed by atoms with van der Waals surface area (Å²) in [5, 5.41) is 12.1. The number of carbonyl (C=O) groups excluding carboxylic acids is 1. The summed E-state index contributed by atoms with van der Waals surface area (Å²) in [4.78, 5) is 17.1. The fourth-order valence-electron chi connectivity index (χ4n) is 2.19. The van der Waals surface area contributed by atoms with Gasteiger partial charge in [0.15, 0.2) is 5.17 Å². The van der Waals surface area contributed by atoms with Crippen LogP contribution in [-0.2, 0) is 4.79 Å². The Balaban J connectivity index is 1.74. The zero-order valence-electron chi connectivity index (χ0n) is 13.5. The van der Waals surface area contributed by atoms with Crippen LogP contribution in [0, 0.1) is 11.3 Å². The number of nitriles is 1. The second kappa shape index (κ2) is 7.69. The maximum Gasteiger partial charge on any atom is 0.264 e. The Morgan fingerprint density at radius 3 is 2.56 bits per heavy atom. The SMILES string of the molecule is CCOc1ccc(N=C2NC(=O)/C(=C/c3ccc(C#N)cc3)S2)cc1. The van der Waals surface area contributed by atoms with Crippen molar-refractivity contribution in [1.29, 1.82) is 5.26 Å². The molecular weight excluding hydrogens is 334 g/mol. The van der Waals surface area contributed by atoms with Gasteiger partial charge in [0, 0.05) is 0 Å². The van der Waals surface area contributed by atoms with Crippen molar-refractivity contribution in [2.45, 2.75) is 6.92 Å². The van der Waals surface area contributed by atoms with Gasteiger partial charge < -0.3 is 10.1 Å². The molecule has 5 nitrogen and oxygen atoms in total. The van der Waals surface area contributed by atoms with Crippen LogP contribution in [0.1, 0.15) is 18.1 Å². The minimum atomic E-state index is -0.181. The molecule has 0 spiro atoms. The summed E-state index contributed by atoms with van der Waals surface area (Å²) in [6, 6.07) is 16.5. The van der Waals surface area contributed by atoms with Crippen LogP contribution in [0.2, 0.25) is 0 Å². The normalized spacial score (nSPS) is 16.7. The van der Waals surface area contributed by atoms with Gasteiger partial charge in [0.2, 0.25) is 0 Å². The Kier molecular flexibility index (Phi) is 5.17. The van der Waals surface area contributed by atoms with Crippen molar-refractivity contribution in [3.63, 3.8) is 0 Å². The van der Waals surface area contributed by atoms with E-state index in [-0.39, 0.29) is 5.91 Å². The van der Waals surface area contributed by atoms with Crippen molar-refractivity contribution in [3.05, 3.63) is 64.6 Å². The molecule has 1 fully saturated rings. The highest BCUT2D eigenvalue weighted by Gasteiger charge is 2.23. The van der Waals surface area contributed by atoms with E-state index in [9.17, 15) is 4.79 Å². The smallest absolute Gasteiger partial charge is 0.264 e. The minimum absolute atomic E-state index is 0.181. The molecule has 1 saturated heterocycles. The number of amides is 1. The molecule has 25 heavy (non-hydrogen) atoms.